The predicted octanol–water partition coefficient (Wildman–Crippen LogP) is 9.53. The predicted molar refractivity (Wildman–Crippen MR) is 112 cm³/mol. The van der Waals surface area contributed by atoms with E-state index in [0.29, 0.717) is 12.8 Å². The normalized spacial score (nSPS) is 23.7. The lowest BCUT2D eigenvalue weighted by Crippen LogP contribution is -2.55. The Bertz CT molecular complexity index is 511. The molecule has 0 N–H and O–H groups in total. The van der Waals surface area contributed by atoms with Crippen molar-refractivity contribution in [2.24, 2.45) is 0 Å². The van der Waals surface area contributed by atoms with E-state index < -0.39 is 39.7 Å². The standard InChI is InChI=1S/C21H32F9I/c1-2-3-4-5-6-7-8-9-10-11-12-13-14-16(31)15-17(22)18(23,24)20(27,28)21(29,30)19(17,25)26/h16H,2-15H2,1H3. The smallest absolute Gasteiger partial charge is 0.230 e. The van der Waals surface area contributed by atoms with Gasteiger partial charge in [-0.15, -0.1) is 0 Å². The number of alkyl halides is 10. The summed E-state index contributed by atoms with van der Waals surface area (Å²) < 4.78 is 121. The minimum atomic E-state index is -6.47. The molecular weight excluding hydrogens is 550 g/mol. The second-order valence-electron chi connectivity index (χ2n) is 8.58. The van der Waals surface area contributed by atoms with Gasteiger partial charge in [0.15, 0.2) is 0 Å². The van der Waals surface area contributed by atoms with Crippen molar-refractivity contribution in [3.05, 3.63) is 0 Å². The van der Waals surface area contributed by atoms with Crippen LogP contribution in [0.3, 0.4) is 0 Å². The van der Waals surface area contributed by atoms with E-state index in [4.69, 9.17) is 0 Å². The van der Waals surface area contributed by atoms with Crippen molar-refractivity contribution in [3.8, 4) is 0 Å². The summed E-state index contributed by atoms with van der Waals surface area (Å²) in [7, 11) is 0. The van der Waals surface area contributed by atoms with Crippen molar-refractivity contribution in [1.29, 1.82) is 0 Å². The highest BCUT2D eigenvalue weighted by atomic mass is 127. The first-order chi connectivity index (χ1) is 14.2. The first-order valence-electron chi connectivity index (χ1n) is 11.0. The van der Waals surface area contributed by atoms with Gasteiger partial charge in [-0.2, -0.15) is 35.1 Å². The van der Waals surface area contributed by atoms with Crippen LogP contribution in [0, 0.1) is 0 Å². The molecule has 1 unspecified atom stereocenters. The summed E-state index contributed by atoms with van der Waals surface area (Å²) in [5.41, 5.74) is -5.31. The summed E-state index contributed by atoms with van der Waals surface area (Å²) >= 11 is 1.39. The van der Waals surface area contributed by atoms with Crippen molar-refractivity contribution in [2.75, 3.05) is 0 Å². The maximum absolute atomic E-state index is 14.5. The van der Waals surface area contributed by atoms with Crippen LogP contribution < -0.4 is 0 Å². The fraction of sp³-hybridized carbons (Fsp3) is 1.00. The fourth-order valence-electron chi connectivity index (χ4n) is 3.96. The summed E-state index contributed by atoms with van der Waals surface area (Å²) in [5, 5.41) is 0. The molecule has 0 nitrogen and oxygen atoms in total. The third kappa shape index (κ3) is 5.78. The van der Waals surface area contributed by atoms with Gasteiger partial charge in [0.05, 0.1) is 0 Å². The molecule has 186 valence electrons. The average molecular weight is 582 g/mol. The molecule has 0 bridgehead atoms. The molecule has 1 aliphatic carbocycles. The van der Waals surface area contributed by atoms with E-state index in [-0.39, 0.29) is 6.42 Å². The van der Waals surface area contributed by atoms with Crippen molar-refractivity contribution < 1.29 is 39.5 Å². The van der Waals surface area contributed by atoms with Gasteiger partial charge in [-0.05, 0) is 6.42 Å². The van der Waals surface area contributed by atoms with Gasteiger partial charge in [0.1, 0.15) is 0 Å². The number of hydrogen-bond acceptors (Lipinski definition) is 0. The summed E-state index contributed by atoms with van der Waals surface area (Å²) in [6.45, 7) is 2.16. The van der Waals surface area contributed by atoms with Crippen LogP contribution >= 0.6 is 22.6 Å². The highest BCUT2D eigenvalue weighted by Gasteiger charge is 3.00. The molecule has 1 atom stereocenters. The molecule has 31 heavy (non-hydrogen) atoms. The first kappa shape index (κ1) is 29.1. The SMILES string of the molecule is CCCCCCCCCCCCCCC(I)CC1(F)C(F)(F)C(F)(F)C(F)(F)C1(F)F. The minimum absolute atomic E-state index is 0.00691. The van der Waals surface area contributed by atoms with Crippen LogP contribution in [0.15, 0.2) is 0 Å². The molecule has 0 amide bonds. The van der Waals surface area contributed by atoms with Crippen LogP contribution in [-0.2, 0) is 0 Å². The van der Waals surface area contributed by atoms with Gasteiger partial charge in [-0.25, -0.2) is 4.39 Å². The molecule has 0 aromatic heterocycles. The molecule has 1 rings (SSSR count). The lowest BCUT2D eigenvalue weighted by Gasteiger charge is -2.32. The molecule has 10 heteroatoms. The van der Waals surface area contributed by atoms with Gasteiger partial charge in [-0.3, -0.25) is 0 Å². The van der Waals surface area contributed by atoms with Crippen LogP contribution in [0.4, 0.5) is 39.5 Å². The van der Waals surface area contributed by atoms with Crippen molar-refractivity contribution in [2.45, 2.75) is 130 Å². The topological polar surface area (TPSA) is 0 Å². The van der Waals surface area contributed by atoms with E-state index in [1.807, 2.05) is 0 Å². The first-order valence-corrected chi connectivity index (χ1v) is 12.3. The molecule has 0 radical (unpaired) electrons. The van der Waals surface area contributed by atoms with Crippen molar-refractivity contribution in [3.63, 3.8) is 0 Å². The second-order valence-corrected chi connectivity index (χ2v) is 10.3. The van der Waals surface area contributed by atoms with E-state index in [1.54, 1.807) is 0 Å². The number of rotatable bonds is 15. The molecule has 1 fully saturated rings. The highest BCUT2D eigenvalue weighted by molar-refractivity contribution is 14.1. The van der Waals surface area contributed by atoms with Crippen LogP contribution in [0.2, 0.25) is 0 Å². The molecule has 1 aliphatic rings. The van der Waals surface area contributed by atoms with E-state index in [9.17, 15) is 39.5 Å². The molecule has 0 aromatic carbocycles. The summed E-state index contributed by atoms with van der Waals surface area (Å²) in [4.78, 5) is 0. The third-order valence-corrected chi connectivity index (χ3v) is 7.12. The Balaban J connectivity index is 2.36. The Morgan fingerprint density at radius 3 is 1.19 bits per heavy atom. The zero-order chi connectivity index (χ0) is 24.0. The zero-order valence-corrected chi connectivity index (χ0v) is 19.9. The quantitative estimate of drug-likeness (QED) is 0.0781. The highest BCUT2D eigenvalue weighted by Crippen LogP contribution is 2.70. The Hall–Kier alpha value is 0.1000. The molecule has 0 aromatic rings. The van der Waals surface area contributed by atoms with Gasteiger partial charge >= 0.3 is 23.7 Å². The number of halogens is 10. The van der Waals surface area contributed by atoms with Crippen LogP contribution in [0.1, 0.15) is 96.8 Å². The third-order valence-electron chi connectivity index (χ3n) is 6.05. The molecular formula is C21H32F9I. The molecule has 1 saturated carbocycles. The van der Waals surface area contributed by atoms with E-state index in [2.05, 4.69) is 6.92 Å². The van der Waals surface area contributed by atoms with Gasteiger partial charge in [0, 0.05) is 10.3 Å². The van der Waals surface area contributed by atoms with E-state index in [0.717, 1.165) is 32.1 Å². The number of hydrogen-bond donors (Lipinski definition) is 0. The molecule has 0 heterocycles. The lowest BCUT2D eigenvalue weighted by molar-refractivity contribution is -0.303. The average Bonchev–Trinajstić information content (AvgIpc) is 2.72. The Kier molecular flexibility index (Phi) is 10.8. The largest absolute Gasteiger partial charge is 0.381 e. The zero-order valence-electron chi connectivity index (χ0n) is 17.8. The van der Waals surface area contributed by atoms with E-state index >= 15 is 0 Å². The second kappa shape index (κ2) is 11.5. The minimum Gasteiger partial charge on any atom is -0.230 e. The summed E-state index contributed by atoms with van der Waals surface area (Å²) in [5.74, 6) is -25.3. The lowest BCUT2D eigenvalue weighted by atomic mass is 9.90. The van der Waals surface area contributed by atoms with Crippen LogP contribution in [0.5, 0.6) is 0 Å². The molecule has 0 spiro atoms. The Morgan fingerprint density at radius 2 is 0.839 bits per heavy atom. The molecule has 0 aliphatic heterocycles. The fourth-order valence-corrected chi connectivity index (χ4v) is 5.01. The number of unbranched alkanes of at least 4 members (excludes halogenated alkanes) is 11. The summed E-state index contributed by atoms with van der Waals surface area (Å²) in [6.07, 6.45) is 10.5. The van der Waals surface area contributed by atoms with Crippen molar-refractivity contribution in [1.82, 2.24) is 0 Å². The Labute approximate surface area is 192 Å². The van der Waals surface area contributed by atoms with Gasteiger partial charge < -0.3 is 0 Å². The van der Waals surface area contributed by atoms with Crippen LogP contribution in [-0.4, -0.2) is 33.3 Å². The maximum atomic E-state index is 14.5. The maximum Gasteiger partial charge on any atom is 0.381 e. The van der Waals surface area contributed by atoms with Gasteiger partial charge in [0.25, 0.3) is 5.67 Å². The van der Waals surface area contributed by atoms with Crippen LogP contribution in [0.25, 0.3) is 0 Å². The summed E-state index contributed by atoms with van der Waals surface area (Å²) in [6, 6.07) is 0. The monoisotopic (exact) mass is 582 g/mol. The van der Waals surface area contributed by atoms with E-state index in [1.165, 1.54) is 54.7 Å². The van der Waals surface area contributed by atoms with Crippen molar-refractivity contribution >= 4 is 22.6 Å². The Morgan fingerprint density at radius 1 is 0.516 bits per heavy atom. The van der Waals surface area contributed by atoms with Gasteiger partial charge in [-0.1, -0.05) is 107 Å². The molecule has 0 saturated heterocycles. The van der Waals surface area contributed by atoms with Gasteiger partial charge in [0.2, 0.25) is 0 Å².